The van der Waals surface area contributed by atoms with E-state index < -0.39 is 27.8 Å². The number of thioether (sulfide) groups is 1. The predicted molar refractivity (Wildman–Crippen MR) is 120 cm³/mol. The summed E-state index contributed by atoms with van der Waals surface area (Å²) in [4.78, 5) is 24.7. The molecule has 0 spiro atoms. The van der Waals surface area contributed by atoms with Crippen LogP contribution in [0.5, 0.6) is 0 Å². The van der Waals surface area contributed by atoms with E-state index >= 15 is 0 Å². The Bertz CT molecular complexity index is 835. The van der Waals surface area contributed by atoms with Crippen molar-refractivity contribution in [1.82, 2.24) is 15.4 Å². The van der Waals surface area contributed by atoms with Crippen molar-refractivity contribution < 1.29 is 22.7 Å². The number of rotatable bonds is 10. The summed E-state index contributed by atoms with van der Waals surface area (Å²) in [6, 6.07) is 4.45. The van der Waals surface area contributed by atoms with E-state index in [-0.39, 0.29) is 23.9 Å². The van der Waals surface area contributed by atoms with Crippen molar-refractivity contribution in [3.63, 3.8) is 0 Å². The molecule has 0 aliphatic heterocycles. The van der Waals surface area contributed by atoms with Gasteiger partial charge in [0.2, 0.25) is 15.9 Å². The number of carbonyl (C=O) groups is 2. The molecule has 0 aromatic heterocycles. The molecule has 3 N–H and O–H groups in total. The van der Waals surface area contributed by atoms with Crippen LogP contribution in [-0.4, -0.2) is 57.2 Å². The largest absolute Gasteiger partial charge is 0.444 e. The second kappa shape index (κ2) is 11.6. The first-order valence-electron chi connectivity index (χ1n) is 9.69. The molecule has 0 aliphatic carbocycles. The second-order valence-corrected chi connectivity index (χ2v) is 10.7. The van der Waals surface area contributed by atoms with Gasteiger partial charge in [-0.15, -0.1) is 0 Å². The molecular formula is C20H33N3O5S2. The molecule has 170 valence electrons. The van der Waals surface area contributed by atoms with E-state index in [0.29, 0.717) is 17.7 Å². The van der Waals surface area contributed by atoms with Crippen molar-refractivity contribution in [1.29, 1.82) is 0 Å². The van der Waals surface area contributed by atoms with Gasteiger partial charge in [-0.05, 0) is 70.2 Å². The van der Waals surface area contributed by atoms with Crippen molar-refractivity contribution in [2.45, 2.75) is 57.6 Å². The van der Waals surface area contributed by atoms with E-state index in [1.807, 2.05) is 19.2 Å². The van der Waals surface area contributed by atoms with Crippen molar-refractivity contribution >= 4 is 33.8 Å². The zero-order chi connectivity index (χ0) is 22.9. The van der Waals surface area contributed by atoms with E-state index in [1.165, 1.54) is 0 Å². The minimum absolute atomic E-state index is 0.0309. The minimum atomic E-state index is -3.68. The van der Waals surface area contributed by atoms with Gasteiger partial charge in [0, 0.05) is 13.1 Å². The first kappa shape index (κ1) is 26.3. The van der Waals surface area contributed by atoms with Gasteiger partial charge in [-0.2, -0.15) is 11.8 Å². The lowest BCUT2D eigenvalue weighted by Gasteiger charge is -2.23. The van der Waals surface area contributed by atoms with Gasteiger partial charge in [0.15, 0.2) is 0 Å². The molecule has 0 bridgehead atoms. The molecule has 0 fully saturated rings. The number of benzene rings is 1. The Morgan fingerprint density at radius 2 is 1.83 bits per heavy atom. The van der Waals surface area contributed by atoms with E-state index in [0.717, 1.165) is 5.56 Å². The summed E-state index contributed by atoms with van der Waals surface area (Å²) < 4.78 is 32.7. The van der Waals surface area contributed by atoms with Crippen LogP contribution >= 0.6 is 11.8 Å². The van der Waals surface area contributed by atoms with Crippen LogP contribution in [0, 0.1) is 13.8 Å². The molecule has 30 heavy (non-hydrogen) atoms. The Kier molecular flexibility index (Phi) is 10.1. The predicted octanol–water partition coefficient (Wildman–Crippen LogP) is 2.34. The summed E-state index contributed by atoms with van der Waals surface area (Å²) >= 11 is 1.56. The molecule has 1 aromatic rings. The Hall–Kier alpha value is -1.78. The highest BCUT2D eigenvalue weighted by atomic mass is 32.2. The van der Waals surface area contributed by atoms with Crippen molar-refractivity contribution in [2.24, 2.45) is 0 Å². The third kappa shape index (κ3) is 9.36. The topological polar surface area (TPSA) is 114 Å². The maximum Gasteiger partial charge on any atom is 0.408 e. The Morgan fingerprint density at radius 1 is 1.17 bits per heavy atom. The molecule has 1 rings (SSSR count). The normalized spacial score (nSPS) is 12.9. The van der Waals surface area contributed by atoms with E-state index in [2.05, 4.69) is 15.4 Å². The average Bonchev–Trinajstić information content (AvgIpc) is 2.62. The summed E-state index contributed by atoms with van der Waals surface area (Å²) in [5.74, 6) is 0.286. The number of sulfonamides is 1. The number of hydrogen-bond donors (Lipinski definition) is 3. The van der Waals surface area contributed by atoms with Gasteiger partial charge in [0.05, 0.1) is 4.90 Å². The Morgan fingerprint density at radius 3 is 2.43 bits per heavy atom. The summed E-state index contributed by atoms with van der Waals surface area (Å²) in [7, 11) is -3.68. The summed E-state index contributed by atoms with van der Waals surface area (Å²) in [5, 5.41) is 5.24. The lowest BCUT2D eigenvalue weighted by Crippen LogP contribution is -2.49. The van der Waals surface area contributed by atoms with Gasteiger partial charge in [-0.25, -0.2) is 17.9 Å². The van der Waals surface area contributed by atoms with Gasteiger partial charge < -0.3 is 15.4 Å². The van der Waals surface area contributed by atoms with Crippen LogP contribution in [0.1, 0.15) is 38.3 Å². The molecule has 2 amide bonds. The number of nitrogens with one attached hydrogen (secondary N) is 3. The van der Waals surface area contributed by atoms with Gasteiger partial charge in [0.1, 0.15) is 11.6 Å². The van der Waals surface area contributed by atoms with Crippen molar-refractivity contribution in [3.8, 4) is 0 Å². The average molecular weight is 460 g/mol. The maximum absolute atomic E-state index is 12.5. The molecule has 10 heteroatoms. The van der Waals surface area contributed by atoms with Crippen LogP contribution in [0.25, 0.3) is 0 Å². The second-order valence-electron chi connectivity index (χ2n) is 7.94. The van der Waals surface area contributed by atoms with Gasteiger partial charge in [-0.3, -0.25) is 4.79 Å². The first-order valence-corrected chi connectivity index (χ1v) is 12.6. The highest BCUT2D eigenvalue weighted by Crippen LogP contribution is 2.16. The first-order chi connectivity index (χ1) is 13.9. The van der Waals surface area contributed by atoms with Gasteiger partial charge in [-0.1, -0.05) is 12.1 Å². The van der Waals surface area contributed by atoms with Crippen LogP contribution < -0.4 is 15.4 Å². The van der Waals surface area contributed by atoms with Crippen LogP contribution in [0.4, 0.5) is 4.79 Å². The fraction of sp³-hybridized carbons (Fsp3) is 0.600. The zero-order valence-electron chi connectivity index (χ0n) is 18.5. The van der Waals surface area contributed by atoms with Gasteiger partial charge >= 0.3 is 6.09 Å². The molecule has 0 aliphatic rings. The standard InChI is InChI=1S/C20H33N3O5S2/c1-14-7-8-15(2)17(13-14)30(26,27)22-11-10-21-18(24)16(9-12-29-6)23-19(25)28-20(3,4)5/h7-8,13,16,22H,9-12H2,1-6H3,(H,21,24)(H,23,25)/t16-/m0/s1. The summed E-state index contributed by atoms with van der Waals surface area (Å²) in [5.41, 5.74) is 0.826. The molecular weight excluding hydrogens is 426 g/mol. The van der Waals surface area contributed by atoms with Crippen LogP contribution in [0.15, 0.2) is 23.1 Å². The number of hydrogen-bond acceptors (Lipinski definition) is 6. The number of carbonyl (C=O) groups excluding carboxylic acids is 2. The zero-order valence-corrected chi connectivity index (χ0v) is 20.1. The molecule has 0 unspecified atom stereocenters. The van der Waals surface area contributed by atoms with E-state index in [4.69, 9.17) is 4.74 Å². The van der Waals surface area contributed by atoms with Crippen LogP contribution in [-0.2, 0) is 19.6 Å². The monoisotopic (exact) mass is 459 g/mol. The lowest BCUT2D eigenvalue weighted by molar-refractivity contribution is -0.123. The molecule has 8 nitrogen and oxygen atoms in total. The van der Waals surface area contributed by atoms with Crippen molar-refractivity contribution in [2.75, 3.05) is 25.1 Å². The quantitative estimate of drug-likeness (QED) is 0.463. The number of alkyl carbamates (subject to hydrolysis) is 1. The fourth-order valence-electron chi connectivity index (χ4n) is 2.52. The number of amides is 2. The fourth-order valence-corrected chi connectivity index (χ4v) is 4.35. The van der Waals surface area contributed by atoms with Crippen LogP contribution in [0.2, 0.25) is 0 Å². The Labute approximate surface area is 184 Å². The SMILES string of the molecule is CSCC[C@H](NC(=O)OC(C)(C)C)C(=O)NCCNS(=O)(=O)c1cc(C)ccc1C. The third-order valence-corrected chi connectivity index (χ3v) is 6.21. The van der Waals surface area contributed by atoms with E-state index in [1.54, 1.807) is 51.6 Å². The smallest absolute Gasteiger partial charge is 0.408 e. The molecule has 0 saturated carbocycles. The number of aryl methyl sites for hydroxylation is 2. The van der Waals surface area contributed by atoms with Crippen LogP contribution in [0.3, 0.4) is 0 Å². The summed E-state index contributed by atoms with van der Waals surface area (Å²) in [6.07, 6.45) is 1.67. The molecule has 1 atom stereocenters. The van der Waals surface area contributed by atoms with Crippen molar-refractivity contribution in [3.05, 3.63) is 29.3 Å². The molecule has 0 heterocycles. The number of ether oxygens (including phenoxy) is 1. The maximum atomic E-state index is 12.5. The molecule has 0 saturated heterocycles. The molecule has 0 radical (unpaired) electrons. The Balaban J connectivity index is 2.62. The van der Waals surface area contributed by atoms with E-state index in [9.17, 15) is 18.0 Å². The highest BCUT2D eigenvalue weighted by Gasteiger charge is 2.24. The lowest BCUT2D eigenvalue weighted by atomic mass is 10.2. The minimum Gasteiger partial charge on any atom is -0.444 e. The summed E-state index contributed by atoms with van der Waals surface area (Å²) in [6.45, 7) is 8.90. The third-order valence-electron chi connectivity index (χ3n) is 3.97. The highest BCUT2D eigenvalue weighted by molar-refractivity contribution is 7.98. The van der Waals surface area contributed by atoms with Gasteiger partial charge in [0.25, 0.3) is 0 Å². The molecule has 1 aromatic carbocycles.